The van der Waals surface area contributed by atoms with Gasteiger partial charge in [-0.3, -0.25) is 9.59 Å². The van der Waals surface area contributed by atoms with Gasteiger partial charge in [0.2, 0.25) is 5.91 Å². The van der Waals surface area contributed by atoms with Crippen LogP contribution in [0.5, 0.6) is 5.75 Å². The number of carbonyl (C=O) groups is 2. The van der Waals surface area contributed by atoms with Crippen molar-refractivity contribution in [3.05, 3.63) is 89.4 Å². The average molecular weight is 418 g/mol. The van der Waals surface area contributed by atoms with Crippen molar-refractivity contribution >= 4 is 12.2 Å². The minimum Gasteiger partial charge on any atom is -0.497 e. The lowest BCUT2D eigenvalue weighted by Crippen LogP contribution is -2.39. The summed E-state index contributed by atoms with van der Waals surface area (Å²) in [5.41, 5.74) is 1.81. The van der Waals surface area contributed by atoms with Gasteiger partial charge in [0.15, 0.2) is 12.0 Å². The summed E-state index contributed by atoms with van der Waals surface area (Å²) in [5.74, 6) is 1.81. The molecule has 3 aromatic rings. The number of aldehydes is 1. The second kappa shape index (κ2) is 9.21. The summed E-state index contributed by atoms with van der Waals surface area (Å²) in [4.78, 5) is 26.6. The Balaban J connectivity index is 1.51. The predicted octanol–water partition coefficient (Wildman–Crippen LogP) is 4.79. The molecule has 4 rings (SSSR count). The summed E-state index contributed by atoms with van der Waals surface area (Å²) < 4.78 is 10.8. The molecule has 0 atom stereocenters. The molecule has 0 bridgehead atoms. The van der Waals surface area contributed by atoms with Crippen LogP contribution < -0.4 is 4.74 Å². The zero-order chi connectivity index (χ0) is 21.7. The molecular formula is C26H27NO4. The van der Waals surface area contributed by atoms with E-state index in [2.05, 4.69) is 12.1 Å². The van der Waals surface area contributed by atoms with Crippen molar-refractivity contribution in [3.8, 4) is 5.75 Å². The van der Waals surface area contributed by atoms with Crippen LogP contribution in [-0.4, -0.2) is 30.7 Å². The van der Waals surface area contributed by atoms with Gasteiger partial charge in [0.05, 0.1) is 19.1 Å². The molecule has 5 heteroatoms. The number of aryl methyl sites for hydroxylation is 1. The Morgan fingerprint density at radius 3 is 2.42 bits per heavy atom. The number of benzene rings is 2. The first kappa shape index (κ1) is 20.9. The predicted molar refractivity (Wildman–Crippen MR) is 118 cm³/mol. The van der Waals surface area contributed by atoms with Crippen LogP contribution in [0.25, 0.3) is 0 Å². The van der Waals surface area contributed by atoms with Gasteiger partial charge in [-0.2, -0.15) is 0 Å². The molecule has 2 aromatic carbocycles. The highest BCUT2D eigenvalue weighted by atomic mass is 16.5. The molecule has 1 fully saturated rings. The maximum Gasteiger partial charge on any atom is 0.233 e. The second-order valence-corrected chi connectivity index (χ2v) is 8.05. The fourth-order valence-electron chi connectivity index (χ4n) is 4.07. The summed E-state index contributed by atoms with van der Waals surface area (Å²) in [5, 5.41) is 0. The molecule has 0 radical (unpaired) electrons. The van der Waals surface area contributed by atoms with Gasteiger partial charge in [-0.25, -0.2) is 0 Å². The second-order valence-electron chi connectivity index (χ2n) is 8.05. The lowest BCUT2D eigenvalue weighted by Gasteiger charge is -2.27. The third kappa shape index (κ3) is 4.71. The van der Waals surface area contributed by atoms with E-state index >= 15 is 0 Å². The van der Waals surface area contributed by atoms with E-state index < -0.39 is 5.41 Å². The van der Waals surface area contributed by atoms with E-state index in [9.17, 15) is 9.59 Å². The number of furan rings is 1. The van der Waals surface area contributed by atoms with Crippen molar-refractivity contribution < 1.29 is 18.7 Å². The molecule has 0 spiro atoms. The van der Waals surface area contributed by atoms with E-state index in [0.29, 0.717) is 25.1 Å². The van der Waals surface area contributed by atoms with Gasteiger partial charge in [-0.1, -0.05) is 42.5 Å². The highest BCUT2D eigenvalue weighted by molar-refractivity contribution is 5.91. The fourth-order valence-corrected chi connectivity index (χ4v) is 4.07. The van der Waals surface area contributed by atoms with Crippen molar-refractivity contribution in [2.24, 2.45) is 0 Å². The van der Waals surface area contributed by atoms with E-state index in [0.717, 1.165) is 37.0 Å². The number of ether oxygens (including phenoxy) is 1. The quantitative estimate of drug-likeness (QED) is 0.445. The number of hydrogen-bond donors (Lipinski definition) is 0. The Hall–Kier alpha value is -3.34. The van der Waals surface area contributed by atoms with Crippen LogP contribution in [0, 0.1) is 0 Å². The summed E-state index contributed by atoms with van der Waals surface area (Å²) in [6, 6.07) is 21.5. The average Bonchev–Trinajstić information content (AvgIpc) is 3.51. The molecule has 31 heavy (non-hydrogen) atoms. The van der Waals surface area contributed by atoms with Gasteiger partial charge in [-0.05, 0) is 61.1 Å². The van der Waals surface area contributed by atoms with Crippen molar-refractivity contribution in [1.29, 1.82) is 0 Å². The smallest absolute Gasteiger partial charge is 0.233 e. The Labute approximate surface area is 182 Å². The monoisotopic (exact) mass is 417 g/mol. The first-order chi connectivity index (χ1) is 15.1. The van der Waals surface area contributed by atoms with E-state index in [1.165, 1.54) is 5.56 Å². The minimum absolute atomic E-state index is 0.120. The van der Waals surface area contributed by atoms with Gasteiger partial charge >= 0.3 is 0 Å². The van der Waals surface area contributed by atoms with E-state index in [1.54, 1.807) is 19.2 Å². The standard InChI is InChI=1S/C26H27NO4/c1-30-22-11-9-21(10-12-22)26(15-16-26)25(29)27(18-23-13-14-24(19-28)31-23)17-5-8-20-6-3-2-4-7-20/h2-4,6-7,9-14,19H,5,8,15-18H2,1H3. The summed E-state index contributed by atoms with van der Waals surface area (Å²) >= 11 is 0. The summed E-state index contributed by atoms with van der Waals surface area (Å²) in [6.45, 7) is 0.988. The van der Waals surface area contributed by atoms with E-state index in [4.69, 9.17) is 9.15 Å². The Morgan fingerprint density at radius 1 is 1.06 bits per heavy atom. The molecular weight excluding hydrogens is 390 g/mol. The Bertz CT molecular complexity index is 1020. The first-order valence-corrected chi connectivity index (χ1v) is 10.7. The number of amides is 1. The number of rotatable bonds is 10. The SMILES string of the molecule is COc1ccc(C2(C(=O)N(CCCc3ccccc3)Cc3ccc(C=O)o3)CC2)cc1. The van der Waals surface area contributed by atoms with Crippen LogP contribution in [0.1, 0.15) is 46.7 Å². The highest BCUT2D eigenvalue weighted by Gasteiger charge is 2.53. The fraction of sp³-hybridized carbons (Fsp3) is 0.308. The molecule has 0 aliphatic heterocycles. The van der Waals surface area contributed by atoms with Gasteiger partial charge in [0.25, 0.3) is 0 Å². The van der Waals surface area contributed by atoms with Crippen LogP contribution in [0.15, 0.2) is 71.1 Å². The van der Waals surface area contributed by atoms with Crippen molar-refractivity contribution in [2.45, 2.75) is 37.6 Å². The number of carbonyl (C=O) groups excluding carboxylic acids is 2. The summed E-state index contributed by atoms with van der Waals surface area (Å²) in [7, 11) is 1.64. The normalized spacial score (nSPS) is 14.1. The van der Waals surface area contributed by atoms with Crippen LogP contribution in [-0.2, 0) is 23.2 Å². The van der Waals surface area contributed by atoms with Crippen LogP contribution in [0.4, 0.5) is 0 Å². The molecule has 1 saturated carbocycles. The third-order valence-electron chi connectivity index (χ3n) is 5.97. The van der Waals surface area contributed by atoms with Crippen LogP contribution in [0.3, 0.4) is 0 Å². The molecule has 1 aliphatic rings. The number of hydrogen-bond acceptors (Lipinski definition) is 4. The molecule has 0 N–H and O–H groups in total. The topological polar surface area (TPSA) is 59.8 Å². The van der Waals surface area contributed by atoms with Crippen molar-refractivity contribution in [3.63, 3.8) is 0 Å². The Morgan fingerprint density at radius 2 is 1.81 bits per heavy atom. The lowest BCUT2D eigenvalue weighted by molar-refractivity contribution is -0.135. The van der Waals surface area contributed by atoms with Crippen molar-refractivity contribution in [1.82, 2.24) is 4.90 Å². The largest absolute Gasteiger partial charge is 0.497 e. The van der Waals surface area contributed by atoms with E-state index in [1.807, 2.05) is 47.4 Å². The number of methoxy groups -OCH3 is 1. The zero-order valence-electron chi connectivity index (χ0n) is 17.8. The van der Waals surface area contributed by atoms with Gasteiger partial charge in [-0.15, -0.1) is 0 Å². The number of nitrogens with zero attached hydrogens (tertiary/aromatic N) is 1. The van der Waals surface area contributed by atoms with Gasteiger partial charge in [0, 0.05) is 6.54 Å². The zero-order valence-corrected chi connectivity index (χ0v) is 17.8. The molecule has 0 saturated heterocycles. The maximum absolute atomic E-state index is 13.7. The van der Waals surface area contributed by atoms with E-state index in [-0.39, 0.29) is 11.7 Å². The van der Waals surface area contributed by atoms with Crippen LogP contribution >= 0.6 is 0 Å². The lowest BCUT2D eigenvalue weighted by atomic mass is 9.94. The summed E-state index contributed by atoms with van der Waals surface area (Å²) in [6.07, 6.45) is 4.12. The third-order valence-corrected chi connectivity index (χ3v) is 5.97. The minimum atomic E-state index is -0.473. The highest BCUT2D eigenvalue weighted by Crippen LogP contribution is 2.50. The van der Waals surface area contributed by atoms with Gasteiger partial charge in [0.1, 0.15) is 11.5 Å². The molecule has 1 aromatic heterocycles. The molecule has 1 heterocycles. The van der Waals surface area contributed by atoms with Gasteiger partial charge < -0.3 is 14.1 Å². The first-order valence-electron chi connectivity index (χ1n) is 10.7. The molecule has 0 unspecified atom stereocenters. The van der Waals surface area contributed by atoms with Crippen molar-refractivity contribution in [2.75, 3.05) is 13.7 Å². The molecule has 1 amide bonds. The molecule has 5 nitrogen and oxygen atoms in total. The van der Waals surface area contributed by atoms with Crippen LogP contribution in [0.2, 0.25) is 0 Å². The Kier molecular flexibility index (Phi) is 6.21. The molecule has 1 aliphatic carbocycles. The molecule has 160 valence electrons. The maximum atomic E-state index is 13.7.